The van der Waals surface area contributed by atoms with E-state index in [2.05, 4.69) is 0 Å². The van der Waals surface area contributed by atoms with Crippen LogP contribution in [-0.2, 0) is 28.5 Å². The number of carboxylic acid groups (broad SMARTS) is 1. The van der Waals surface area contributed by atoms with E-state index in [-0.39, 0.29) is 38.0 Å². The molecule has 0 aromatic heterocycles. The van der Waals surface area contributed by atoms with Crippen molar-refractivity contribution in [3.63, 3.8) is 0 Å². The summed E-state index contributed by atoms with van der Waals surface area (Å²) >= 11 is 0. The number of aliphatic hydroxyl groups is 10. The van der Waals surface area contributed by atoms with Crippen LogP contribution in [0.5, 0.6) is 0 Å². The van der Waals surface area contributed by atoms with Crippen LogP contribution in [0.4, 0.5) is 0 Å². The molecule has 0 radical (unpaired) electrons. The Balaban J connectivity index is 1.84. The molecule has 3 aliphatic heterocycles. The number of esters is 1. The van der Waals surface area contributed by atoms with Gasteiger partial charge in [-0.1, -0.05) is 86.8 Å². The maximum Gasteiger partial charge on any atom is 0.311 e. The molecular weight excluding hydrogens is 851 g/mol. The molecule has 2 saturated heterocycles. The van der Waals surface area contributed by atoms with Crippen molar-refractivity contribution in [2.24, 2.45) is 23.5 Å². The molecule has 0 aromatic carbocycles. The molecule has 3 rings (SSSR count). The van der Waals surface area contributed by atoms with Crippen molar-refractivity contribution in [1.29, 1.82) is 0 Å². The molecule has 13 N–H and O–H groups in total. The Morgan fingerprint density at radius 2 is 1.28 bits per heavy atom. The van der Waals surface area contributed by atoms with Gasteiger partial charge < -0.3 is 80.9 Å². The van der Waals surface area contributed by atoms with Gasteiger partial charge in [0.2, 0.25) is 0 Å². The smallest absolute Gasteiger partial charge is 0.311 e. The van der Waals surface area contributed by atoms with Gasteiger partial charge in [-0.3, -0.25) is 9.59 Å². The summed E-state index contributed by atoms with van der Waals surface area (Å²) in [5, 5.41) is 118. The molecule has 0 aliphatic carbocycles. The van der Waals surface area contributed by atoms with Gasteiger partial charge in [-0.25, -0.2) is 0 Å². The fourth-order valence-corrected chi connectivity index (χ4v) is 8.11. The average Bonchev–Trinajstić information content (AvgIpc) is 3.21. The molecule has 2 fully saturated rings. The van der Waals surface area contributed by atoms with Crippen LogP contribution in [0.3, 0.4) is 0 Å². The summed E-state index contributed by atoms with van der Waals surface area (Å²) in [4.78, 5) is 25.1. The molecule has 370 valence electrons. The molecule has 0 saturated carbocycles. The number of allylic oxidation sites excluding steroid dienone is 10. The minimum atomic E-state index is -2.35. The first-order chi connectivity index (χ1) is 30.6. The van der Waals surface area contributed by atoms with Crippen LogP contribution in [0.1, 0.15) is 91.9 Å². The third-order valence-corrected chi connectivity index (χ3v) is 12.2. The summed E-state index contributed by atoms with van der Waals surface area (Å²) in [6.45, 7) is 6.78. The minimum absolute atomic E-state index is 0.138. The van der Waals surface area contributed by atoms with E-state index in [0.29, 0.717) is 0 Å². The first-order valence-corrected chi connectivity index (χ1v) is 22.6. The fraction of sp³-hybridized carbons (Fsp3) is 0.702. The van der Waals surface area contributed by atoms with Crippen LogP contribution in [0.15, 0.2) is 72.9 Å². The molecule has 0 spiro atoms. The van der Waals surface area contributed by atoms with E-state index in [0.717, 1.165) is 12.8 Å². The van der Waals surface area contributed by atoms with Crippen LogP contribution in [0.25, 0.3) is 0 Å². The summed E-state index contributed by atoms with van der Waals surface area (Å²) in [6, 6.07) is -1.14. The summed E-state index contributed by atoms with van der Waals surface area (Å²) in [7, 11) is 0. The monoisotopic (exact) mass is 926 g/mol. The number of aliphatic carboxylic acids is 1. The molecule has 18 unspecified atom stereocenters. The van der Waals surface area contributed by atoms with Gasteiger partial charge in [-0.2, -0.15) is 0 Å². The number of cyclic esters (lactones) is 1. The van der Waals surface area contributed by atoms with Gasteiger partial charge in [-0.15, -0.1) is 0 Å². The third-order valence-electron chi connectivity index (χ3n) is 12.2. The van der Waals surface area contributed by atoms with Crippen molar-refractivity contribution in [2.75, 3.05) is 0 Å². The maximum absolute atomic E-state index is 12.6. The molecule has 2 bridgehead atoms. The fourth-order valence-electron chi connectivity index (χ4n) is 8.11. The maximum atomic E-state index is 12.6. The summed E-state index contributed by atoms with van der Waals surface area (Å²) in [5.41, 5.74) is 6.02. The van der Waals surface area contributed by atoms with Gasteiger partial charge in [0.25, 0.3) is 0 Å². The van der Waals surface area contributed by atoms with Crippen LogP contribution in [0, 0.1) is 17.8 Å². The number of carbonyl (C=O) groups excluding carboxylic acids is 1. The quantitative estimate of drug-likeness (QED) is 0.175. The predicted octanol–water partition coefficient (Wildman–Crippen LogP) is 0.936. The van der Waals surface area contributed by atoms with Gasteiger partial charge in [0.1, 0.15) is 18.1 Å². The number of nitrogens with two attached hydrogens (primary N) is 1. The van der Waals surface area contributed by atoms with Crippen molar-refractivity contribution in [3.05, 3.63) is 72.9 Å². The lowest BCUT2D eigenvalue weighted by Gasteiger charge is -2.45. The van der Waals surface area contributed by atoms with Crippen molar-refractivity contribution < 1.29 is 84.7 Å². The van der Waals surface area contributed by atoms with Crippen LogP contribution in [-0.4, -0.2) is 166 Å². The van der Waals surface area contributed by atoms with E-state index < -0.39 is 141 Å². The lowest BCUT2D eigenvalue weighted by molar-refractivity contribution is -0.310. The molecule has 18 nitrogen and oxygen atoms in total. The number of carboxylic acids is 1. The Hall–Kier alpha value is -3.18. The molecule has 18 heteroatoms. The van der Waals surface area contributed by atoms with Crippen molar-refractivity contribution in [1.82, 2.24) is 0 Å². The van der Waals surface area contributed by atoms with E-state index in [1.165, 1.54) is 13.0 Å². The van der Waals surface area contributed by atoms with Gasteiger partial charge in [-0.05, 0) is 52.4 Å². The molecule has 0 aromatic rings. The molecule has 19 atom stereocenters. The van der Waals surface area contributed by atoms with Gasteiger partial charge >= 0.3 is 11.9 Å². The van der Waals surface area contributed by atoms with E-state index in [1.54, 1.807) is 38.2 Å². The Morgan fingerprint density at radius 3 is 1.94 bits per heavy atom. The number of ether oxygens (including phenoxy) is 4. The predicted molar refractivity (Wildman–Crippen MR) is 237 cm³/mol. The highest BCUT2D eigenvalue weighted by molar-refractivity contribution is 5.71. The molecule has 3 aliphatic rings. The topological polar surface area (TPSA) is 320 Å². The standard InChI is InChI=1S/C47H75NO17/c1-27-17-15-13-11-9-7-5-6-8-10-12-14-16-18-34(64-46-44(58)41(48)43(57)30(4)63-46)24-38-40(45(59)60)37(54)26-47(61,65-38)25-36(53)35(52)20-19-31(49)21-32(50)22-33(51)23-39(55)62-29(3)28(2)42(27)56/h5-6,8,10-18,27-38,40-44,46,49-54,56-58,61H,7,9,19-26,48H2,1-4H3,(H,59,60)/b6-5+,10-8+,13-11+,14-12+,17-15+,18-16+/t27?,28?,29?,30?,31?,32?,33?,34?,35?,36?,37?,38?,40?,41?,42?,43?,44?,46?,47-/m1/s1. The van der Waals surface area contributed by atoms with E-state index in [1.807, 2.05) is 49.5 Å². The van der Waals surface area contributed by atoms with E-state index >= 15 is 0 Å². The third kappa shape index (κ3) is 18.8. The highest BCUT2D eigenvalue weighted by atomic mass is 16.7. The molecule has 65 heavy (non-hydrogen) atoms. The lowest BCUT2D eigenvalue weighted by atomic mass is 9.82. The van der Waals surface area contributed by atoms with E-state index in [4.69, 9.17) is 24.7 Å². The summed E-state index contributed by atoms with van der Waals surface area (Å²) in [6.07, 6.45) is 2.28. The second-order valence-corrected chi connectivity index (χ2v) is 17.8. The Labute approximate surface area is 381 Å². The average molecular weight is 926 g/mol. The van der Waals surface area contributed by atoms with Crippen molar-refractivity contribution >= 4 is 11.9 Å². The first kappa shape index (κ1) is 56.1. The molecule has 0 amide bonds. The zero-order valence-electron chi connectivity index (χ0n) is 37.8. The normalized spacial score (nSPS) is 45.2. The van der Waals surface area contributed by atoms with Crippen molar-refractivity contribution in [2.45, 2.75) is 189 Å². The minimum Gasteiger partial charge on any atom is -0.481 e. The Bertz CT molecular complexity index is 1620. The number of aliphatic hydroxyl groups excluding tert-OH is 9. The van der Waals surface area contributed by atoms with Gasteiger partial charge in [0.15, 0.2) is 12.1 Å². The van der Waals surface area contributed by atoms with Crippen molar-refractivity contribution in [3.8, 4) is 0 Å². The second-order valence-electron chi connectivity index (χ2n) is 17.8. The number of carbonyl (C=O) groups is 2. The van der Waals surface area contributed by atoms with Crippen LogP contribution in [0.2, 0.25) is 0 Å². The SMILES string of the molecule is CC1/C=C/C=C/CC/C=C/C=C/C=C/C=C/C(OC2OC(C)C(O)C(N)C2O)CC2O[C@](O)(CC(O)C(O)CCC(O)CC(O)CC(O)CC(=O)OC(C)C(C)C1O)CC(O)C2C(=O)O. The number of fused-ring (bicyclic) bond motifs is 2. The zero-order chi connectivity index (χ0) is 48.4. The van der Waals surface area contributed by atoms with Gasteiger partial charge in [0, 0.05) is 31.1 Å². The Morgan fingerprint density at radius 1 is 0.692 bits per heavy atom. The summed E-state index contributed by atoms with van der Waals surface area (Å²) < 4.78 is 23.2. The zero-order valence-corrected chi connectivity index (χ0v) is 37.8. The first-order valence-electron chi connectivity index (χ1n) is 22.6. The molecular formula is C47H75NO17. The number of hydrogen-bond acceptors (Lipinski definition) is 17. The van der Waals surface area contributed by atoms with E-state index in [9.17, 15) is 65.8 Å². The van der Waals surface area contributed by atoms with Gasteiger partial charge in [0.05, 0.1) is 79.6 Å². The lowest BCUT2D eigenvalue weighted by Crippen LogP contribution is -2.61. The second kappa shape index (κ2) is 27.6. The number of hydrogen-bond donors (Lipinski definition) is 12. The largest absolute Gasteiger partial charge is 0.481 e. The Kier molecular flexibility index (Phi) is 23.8. The highest BCUT2D eigenvalue weighted by Crippen LogP contribution is 2.38. The number of rotatable bonds is 3. The van der Waals surface area contributed by atoms with Crippen LogP contribution < -0.4 is 5.73 Å². The van der Waals surface area contributed by atoms with Crippen LogP contribution >= 0.6 is 0 Å². The summed E-state index contributed by atoms with van der Waals surface area (Å²) in [5.74, 6) is -6.82. The molecule has 3 heterocycles. The highest BCUT2D eigenvalue weighted by Gasteiger charge is 2.51.